The van der Waals surface area contributed by atoms with Crippen LogP contribution in [0.5, 0.6) is 0 Å². The van der Waals surface area contributed by atoms with Crippen molar-refractivity contribution in [1.29, 1.82) is 0 Å². The zero-order valence-electron chi connectivity index (χ0n) is 8.80. The number of para-hydroxylation sites is 1. The summed E-state index contributed by atoms with van der Waals surface area (Å²) in [5, 5.41) is 0. The maximum Gasteiger partial charge on any atom is 0.307 e. The van der Waals surface area contributed by atoms with Gasteiger partial charge < -0.3 is 9.30 Å². The van der Waals surface area contributed by atoms with Crippen LogP contribution >= 0.6 is 23.6 Å². The molecule has 2 rings (SSSR count). The number of carbonyl (C=O) groups excluding carboxylic acids is 1. The summed E-state index contributed by atoms with van der Waals surface area (Å²) in [6.45, 7) is 0.579. The van der Waals surface area contributed by atoms with E-state index in [4.69, 9.17) is 12.2 Å². The third-order valence-electron chi connectivity index (χ3n) is 2.34. The minimum atomic E-state index is -0.211. The lowest BCUT2D eigenvalue weighted by molar-refractivity contribution is -0.140. The summed E-state index contributed by atoms with van der Waals surface area (Å²) in [6, 6.07) is 8.00. The Balaban J connectivity index is 2.33. The van der Waals surface area contributed by atoms with Gasteiger partial charge in [-0.1, -0.05) is 12.1 Å². The Morgan fingerprint density at radius 1 is 1.50 bits per heavy atom. The normalized spacial score (nSPS) is 10.6. The first-order valence-electron chi connectivity index (χ1n) is 4.87. The van der Waals surface area contributed by atoms with Crippen molar-refractivity contribution in [3.8, 4) is 0 Å². The molecule has 0 saturated heterocycles. The second-order valence-corrected chi connectivity index (χ2v) is 4.99. The Morgan fingerprint density at radius 2 is 2.25 bits per heavy atom. The smallest absolute Gasteiger partial charge is 0.307 e. The van der Waals surface area contributed by atoms with E-state index in [1.807, 2.05) is 28.8 Å². The van der Waals surface area contributed by atoms with Crippen LogP contribution in [-0.4, -0.2) is 17.6 Å². The number of esters is 1. The number of rotatable bonds is 3. The zero-order valence-corrected chi connectivity index (χ0v) is 10.4. The molecular formula is C11H11NO2S2. The molecule has 0 N–H and O–H groups in total. The van der Waals surface area contributed by atoms with E-state index >= 15 is 0 Å². The Morgan fingerprint density at radius 3 is 3.00 bits per heavy atom. The van der Waals surface area contributed by atoms with Gasteiger partial charge in [0.1, 0.15) is 0 Å². The van der Waals surface area contributed by atoms with Gasteiger partial charge in [0.25, 0.3) is 0 Å². The second kappa shape index (κ2) is 4.76. The maximum absolute atomic E-state index is 11.1. The molecular weight excluding hydrogens is 242 g/mol. The van der Waals surface area contributed by atoms with Gasteiger partial charge in [0.15, 0.2) is 3.95 Å². The highest BCUT2D eigenvalue weighted by atomic mass is 32.1. The summed E-state index contributed by atoms with van der Waals surface area (Å²) in [5.41, 5.74) is 1.08. The lowest BCUT2D eigenvalue weighted by Gasteiger charge is -2.03. The van der Waals surface area contributed by atoms with Gasteiger partial charge in [0.2, 0.25) is 0 Å². The number of benzene rings is 1. The lowest BCUT2D eigenvalue weighted by Crippen LogP contribution is -2.06. The number of thiazole rings is 1. The molecule has 84 valence electrons. The number of hydrogen-bond acceptors (Lipinski definition) is 4. The summed E-state index contributed by atoms with van der Waals surface area (Å²) >= 11 is 6.83. The van der Waals surface area contributed by atoms with Crippen molar-refractivity contribution in [2.45, 2.75) is 13.0 Å². The molecule has 1 aromatic carbocycles. The first-order chi connectivity index (χ1) is 7.72. The molecule has 0 aliphatic rings. The second-order valence-electron chi connectivity index (χ2n) is 3.31. The highest BCUT2D eigenvalue weighted by Gasteiger charge is 2.06. The molecule has 0 unspecified atom stereocenters. The topological polar surface area (TPSA) is 31.2 Å². The Labute approximate surface area is 102 Å². The molecule has 0 bridgehead atoms. The van der Waals surface area contributed by atoms with Gasteiger partial charge in [-0.2, -0.15) is 0 Å². The molecule has 2 aromatic rings. The third-order valence-corrected chi connectivity index (χ3v) is 3.77. The van der Waals surface area contributed by atoms with Crippen LogP contribution in [0.25, 0.3) is 10.2 Å². The molecule has 1 heterocycles. The van der Waals surface area contributed by atoms with E-state index in [1.54, 1.807) is 11.3 Å². The summed E-state index contributed by atoms with van der Waals surface area (Å²) < 4.78 is 8.54. The van der Waals surface area contributed by atoms with E-state index in [2.05, 4.69) is 4.74 Å². The molecule has 0 fully saturated rings. The fourth-order valence-corrected chi connectivity index (χ4v) is 2.91. The van der Waals surface area contributed by atoms with Crippen molar-refractivity contribution < 1.29 is 9.53 Å². The van der Waals surface area contributed by atoms with Gasteiger partial charge >= 0.3 is 5.97 Å². The highest BCUT2D eigenvalue weighted by Crippen LogP contribution is 2.22. The number of nitrogens with zero attached hydrogens (tertiary/aromatic N) is 1. The fourth-order valence-electron chi connectivity index (χ4n) is 1.53. The molecule has 0 amide bonds. The predicted octanol–water partition coefficient (Wildman–Crippen LogP) is 3.00. The summed E-state index contributed by atoms with van der Waals surface area (Å²) in [7, 11) is 1.40. The zero-order chi connectivity index (χ0) is 11.5. The average molecular weight is 253 g/mol. The minimum absolute atomic E-state index is 0.211. The van der Waals surface area contributed by atoms with Gasteiger partial charge in [-0.25, -0.2) is 0 Å². The van der Waals surface area contributed by atoms with Crippen LogP contribution in [0.15, 0.2) is 24.3 Å². The molecule has 0 spiro atoms. The van der Waals surface area contributed by atoms with E-state index < -0.39 is 0 Å². The standard InChI is InChI=1S/C11H11NO2S2/c1-14-10(13)6-7-12-8-4-2-3-5-9(8)16-11(12)15/h2-5H,6-7H2,1H3. The van der Waals surface area contributed by atoms with Gasteiger partial charge in [-0.05, 0) is 24.4 Å². The van der Waals surface area contributed by atoms with Crippen LogP contribution in [0.3, 0.4) is 0 Å². The van der Waals surface area contributed by atoms with Crippen LogP contribution in [0.1, 0.15) is 6.42 Å². The van der Waals surface area contributed by atoms with Crippen LogP contribution in [-0.2, 0) is 16.1 Å². The molecule has 0 aliphatic heterocycles. The third kappa shape index (κ3) is 2.15. The van der Waals surface area contributed by atoms with Gasteiger partial charge in [-0.3, -0.25) is 4.79 Å². The molecule has 0 atom stereocenters. The lowest BCUT2D eigenvalue weighted by atomic mass is 10.3. The molecule has 1 aromatic heterocycles. The number of methoxy groups -OCH3 is 1. The monoisotopic (exact) mass is 253 g/mol. The van der Waals surface area contributed by atoms with Crippen molar-refractivity contribution in [2.75, 3.05) is 7.11 Å². The van der Waals surface area contributed by atoms with Crippen molar-refractivity contribution >= 4 is 39.7 Å². The quantitative estimate of drug-likeness (QED) is 0.622. The van der Waals surface area contributed by atoms with Gasteiger partial charge in [0, 0.05) is 6.54 Å². The Bertz CT molecular complexity index is 571. The Kier molecular flexibility index (Phi) is 3.36. The molecule has 3 nitrogen and oxygen atoms in total. The van der Waals surface area contributed by atoms with Crippen LogP contribution in [0.4, 0.5) is 0 Å². The van der Waals surface area contributed by atoms with Crippen LogP contribution in [0, 0.1) is 3.95 Å². The number of aryl methyl sites for hydroxylation is 1. The van der Waals surface area contributed by atoms with Crippen LogP contribution < -0.4 is 0 Å². The van der Waals surface area contributed by atoms with Crippen molar-refractivity contribution in [3.63, 3.8) is 0 Å². The molecule has 0 saturated carbocycles. The number of carbonyl (C=O) groups is 1. The number of aromatic nitrogens is 1. The van der Waals surface area contributed by atoms with E-state index in [-0.39, 0.29) is 5.97 Å². The van der Waals surface area contributed by atoms with Crippen molar-refractivity contribution in [3.05, 3.63) is 28.2 Å². The SMILES string of the molecule is COC(=O)CCn1c(=S)sc2ccccc21. The summed E-state index contributed by atoms with van der Waals surface area (Å²) in [5.74, 6) is -0.211. The summed E-state index contributed by atoms with van der Waals surface area (Å²) in [6.07, 6.45) is 0.353. The highest BCUT2D eigenvalue weighted by molar-refractivity contribution is 7.73. The average Bonchev–Trinajstić information content (AvgIpc) is 2.62. The van der Waals surface area contributed by atoms with Gasteiger partial charge in [0.05, 0.1) is 23.7 Å². The van der Waals surface area contributed by atoms with E-state index in [9.17, 15) is 4.79 Å². The van der Waals surface area contributed by atoms with E-state index in [1.165, 1.54) is 7.11 Å². The maximum atomic E-state index is 11.1. The van der Waals surface area contributed by atoms with E-state index in [0.717, 1.165) is 14.2 Å². The first-order valence-corrected chi connectivity index (χ1v) is 6.10. The number of hydrogen-bond donors (Lipinski definition) is 0. The van der Waals surface area contributed by atoms with E-state index in [0.29, 0.717) is 13.0 Å². The van der Waals surface area contributed by atoms with Crippen molar-refractivity contribution in [1.82, 2.24) is 4.57 Å². The Hall–Kier alpha value is -1.20. The molecule has 0 aliphatic carbocycles. The fraction of sp³-hybridized carbons (Fsp3) is 0.273. The molecule has 16 heavy (non-hydrogen) atoms. The van der Waals surface area contributed by atoms with Crippen molar-refractivity contribution in [2.24, 2.45) is 0 Å². The summed E-state index contributed by atoms with van der Waals surface area (Å²) in [4.78, 5) is 11.1. The number of ether oxygens (including phenoxy) is 1. The predicted molar refractivity (Wildman–Crippen MR) is 67.3 cm³/mol. The minimum Gasteiger partial charge on any atom is -0.469 e. The van der Waals surface area contributed by atoms with Crippen LogP contribution in [0.2, 0.25) is 0 Å². The largest absolute Gasteiger partial charge is 0.469 e. The van der Waals surface area contributed by atoms with Gasteiger partial charge in [-0.15, -0.1) is 11.3 Å². The number of fused-ring (bicyclic) bond motifs is 1. The first kappa shape index (κ1) is 11.3. The molecule has 5 heteroatoms. The molecule has 0 radical (unpaired) electrons.